The molecule has 4 rings (SSSR count). The van der Waals surface area contributed by atoms with Crippen LogP contribution in [-0.4, -0.2) is 15.9 Å². The van der Waals surface area contributed by atoms with Crippen LogP contribution in [0.3, 0.4) is 0 Å². The zero-order valence-corrected chi connectivity index (χ0v) is 14.2. The SMILES string of the molecule is Cc1nc(-c2ccccc2F)sc1C(=O)Nc1ccc2[nH]ccc2c1. The molecule has 0 aliphatic heterocycles. The predicted molar refractivity (Wildman–Crippen MR) is 98.5 cm³/mol. The number of nitrogens with zero attached hydrogens (tertiary/aromatic N) is 1. The maximum absolute atomic E-state index is 13.9. The summed E-state index contributed by atoms with van der Waals surface area (Å²) in [4.78, 5) is 20.5. The number of halogens is 1. The van der Waals surface area contributed by atoms with Crippen LogP contribution in [0, 0.1) is 12.7 Å². The number of hydrogen-bond donors (Lipinski definition) is 2. The minimum absolute atomic E-state index is 0.243. The van der Waals surface area contributed by atoms with Gasteiger partial charge in [-0.2, -0.15) is 0 Å². The predicted octanol–water partition coefficient (Wildman–Crippen LogP) is 4.99. The molecule has 2 heterocycles. The minimum atomic E-state index is -0.346. The molecule has 1 amide bonds. The number of anilines is 1. The number of benzene rings is 2. The Bertz CT molecular complexity index is 1080. The van der Waals surface area contributed by atoms with Gasteiger partial charge in [0.2, 0.25) is 0 Å². The van der Waals surface area contributed by atoms with Crippen LogP contribution in [-0.2, 0) is 0 Å². The van der Waals surface area contributed by atoms with Crippen molar-refractivity contribution >= 4 is 33.8 Å². The second-order valence-corrected chi connectivity index (χ2v) is 6.65. The van der Waals surface area contributed by atoms with Gasteiger partial charge in [0.25, 0.3) is 5.91 Å². The van der Waals surface area contributed by atoms with E-state index in [9.17, 15) is 9.18 Å². The summed E-state index contributed by atoms with van der Waals surface area (Å²) in [6.45, 7) is 1.76. The first-order valence-corrected chi connectivity index (χ1v) is 8.54. The Morgan fingerprint density at radius 3 is 2.88 bits per heavy atom. The second-order valence-electron chi connectivity index (χ2n) is 5.65. The lowest BCUT2D eigenvalue weighted by Crippen LogP contribution is -2.11. The summed E-state index contributed by atoms with van der Waals surface area (Å²) in [5.74, 6) is -0.589. The number of H-pyrrole nitrogens is 1. The van der Waals surface area contributed by atoms with E-state index in [0.29, 0.717) is 26.8 Å². The third kappa shape index (κ3) is 2.92. The van der Waals surface area contributed by atoms with Gasteiger partial charge in [0.1, 0.15) is 15.7 Å². The van der Waals surface area contributed by atoms with Crippen LogP contribution < -0.4 is 5.32 Å². The first-order valence-electron chi connectivity index (χ1n) is 7.72. The summed E-state index contributed by atoms with van der Waals surface area (Å²) < 4.78 is 13.9. The number of amides is 1. The number of hydrogen-bond acceptors (Lipinski definition) is 3. The molecule has 25 heavy (non-hydrogen) atoms. The molecule has 0 radical (unpaired) electrons. The third-order valence-corrected chi connectivity index (χ3v) is 5.11. The lowest BCUT2D eigenvalue weighted by Gasteiger charge is -2.04. The number of aromatic nitrogens is 2. The maximum Gasteiger partial charge on any atom is 0.267 e. The van der Waals surface area contributed by atoms with Gasteiger partial charge < -0.3 is 10.3 Å². The number of thiazole rings is 1. The molecule has 2 N–H and O–H groups in total. The summed E-state index contributed by atoms with van der Waals surface area (Å²) in [6.07, 6.45) is 1.85. The number of carbonyl (C=O) groups excluding carboxylic acids is 1. The van der Waals surface area contributed by atoms with Gasteiger partial charge in [-0.05, 0) is 43.3 Å². The van der Waals surface area contributed by atoms with Crippen LogP contribution in [0.2, 0.25) is 0 Å². The molecule has 124 valence electrons. The summed E-state index contributed by atoms with van der Waals surface area (Å²) in [7, 11) is 0. The van der Waals surface area contributed by atoms with Crippen LogP contribution in [0.5, 0.6) is 0 Å². The van der Waals surface area contributed by atoms with Gasteiger partial charge in [0.05, 0.1) is 5.69 Å². The highest BCUT2D eigenvalue weighted by atomic mass is 32.1. The number of fused-ring (bicyclic) bond motifs is 1. The van der Waals surface area contributed by atoms with Gasteiger partial charge >= 0.3 is 0 Å². The van der Waals surface area contributed by atoms with Gasteiger partial charge in [-0.1, -0.05) is 12.1 Å². The molecule has 2 aromatic carbocycles. The van der Waals surface area contributed by atoms with Gasteiger partial charge in [0.15, 0.2) is 0 Å². The summed E-state index contributed by atoms with van der Waals surface area (Å²) in [6, 6.07) is 14.0. The maximum atomic E-state index is 13.9. The van der Waals surface area contributed by atoms with E-state index in [0.717, 1.165) is 10.9 Å². The van der Waals surface area contributed by atoms with E-state index >= 15 is 0 Å². The van der Waals surface area contributed by atoms with Crippen molar-refractivity contribution in [2.45, 2.75) is 6.92 Å². The molecule has 0 saturated carbocycles. The monoisotopic (exact) mass is 351 g/mol. The molecule has 4 aromatic rings. The number of nitrogens with one attached hydrogen (secondary N) is 2. The lowest BCUT2D eigenvalue weighted by molar-refractivity contribution is 0.103. The average Bonchev–Trinajstić information content (AvgIpc) is 3.21. The highest BCUT2D eigenvalue weighted by Gasteiger charge is 2.18. The van der Waals surface area contributed by atoms with Crippen LogP contribution in [0.4, 0.5) is 10.1 Å². The number of aromatic amines is 1. The Kier molecular flexibility index (Phi) is 3.82. The molecule has 0 saturated heterocycles. The van der Waals surface area contributed by atoms with Crippen LogP contribution in [0.15, 0.2) is 54.7 Å². The topological polar surface area (TPSA) is 57.8 Å². The minimum Gasteiger partial charge on any atom is -0.361 e. The van der Waals surface area contributed by atoms with E-state index in [2.05, 4.69) is 15.3 Å². The Hall–Kier alpha value is -2.99. The molecule has 0 fully saturated rings. The molecule has 4 nitrogen and oxygen atoms in total. The van der Waals surface area contributed by atoms with E-state index < -0.39 is 0 Å². The fourth-order valence-corrected chi connectivity index (χ4v) is 3.66. The quantitative estimate of drug-likeness (QED) is 0.546. The Morgan fingerprint density at radius 2 is 2.04 bits per heavy atom. The molecule has 0 unspecified atom stereocenters. The van der Waals surface area contributed by atoms with E-state index in [-0.39, 0.29) is 11.7 Å². The first kappa shape index (κ1) is 15.5. The van der Waals surface area contributed by atoms with Gasteiger partial charge in [-0.3, -0.25) is 4.79 Å². The van der Waals surface area contributed by atoms with Gasteiger partial charge in [-0.15, -0.1) is 11.3 Å². The molecule has 0 bridgehead atoms. The Balaban J connectivity index is 1.63. The molecule has 0 aliphatic carbocycles. The molecule has 2 aromatic heterocycles. The molecular weight excluding hydrogens is 337 g/mol. The van der Waals surface area contributed by atoms with Crippen LogP contribution in [0.25, 0.3) is 21.5 Å². The lowest BCUT2D eigenvalue weighted by atomic mass is 10.2. The smallest absolute Gasteiger partial charge is 0.267 e. The number of carbonyl (C=O) groups is 1. The number of aryl methyl sites for hydroxylation is 1. The summed E-state index contributed by atoms with van der Waals surface area (Å²) in [5.41, 5.74) is 2.71. The summed E-state index contributed by atoms with van der Waals surface area (Å²) >= 11 is 1.19. The van der Waals surface area contributed by atoms with Crippen molar-refractivity contribution in [2.24, 2.45) is 0 Å². The molecule has 0 atom stereocenters. The normalized spacial score (nSPS) is 11.0. The number of rotatable bonds is 3. The van der Waals surface area contributed by atoms with Gasteiger partial charge in [-0.25, -0.2) is 9.37 Å². The molecule has 0 spiro atoms. The Morgan fingerprint density at radius 1 is 1.20 bits per heavy atom. The van der Waals surface area contributed by atoms with Crippen molar-refractivity contribution in [3.8, 4) is 10.6 Å². The van der Waals surface area contributed by atoms with Crippen molar-refractivity contribution in [2.75, 3.05) is 5.32 Å². The molecule has 6 heteroatoms. The van der Waals surface area contributed by atoms with Crippen molar-refractivity contribution in [3.05, 3.63) is 71.1 Å². The van der Waals surface area contributed by atoms with Crippen molar-refractivity contribution in [3.63, 3.8) is 0 Å². The van der Waals surface area contributed by atoms with Gasteiger partial charge in [0, 0.05) is 28.4 Å². The van der Waals surface area contributed by atoms with Crippen LogP contribution in [0.1, 0.15) is 15.4 Å². The van der Waals surface area contributed by atoms with E-state index in [1.165, 1.54) is 17.4 Å². The fraction of sp³-hybridized carbons (Fsp3) is 0.0526. The third-order valence-electron chi connectivity index (χ3n) is 3.92. The van der Waals surface area contributed by atoms with Crippen molar-refractivity contribution < 1.29 is 9.18 Å². The molecular formula is C19H14FN3OS. The highest BCUT2D eigenvalue weighted by molar-refractivity contribution is 7.17. The van der Waals surface area contributed by atoms with Crippen molar-refractivity contribution in [1.82, 2.24) is 9.97 Å². The van der Waals surface area contributed by atoms with E-state index in [1.54, 1.807) is 25.1 Å². The first-order chi connectivity index (χ1) is 12.1. The Labute approximate surface area is 147 Å². The largest absolute Gasteiger partial charge is 0.361 e. The van der Waals surface area contributed by atoms with E-state index in [4.69, 9.17) is 0 Å². The average molecular weight is 351 g/mol. The van der Waals surface area contributed by atoms with Crippen molar-refractivity contribution in [1.29, 1.82) is 0 Å². The second kappa shape index (κ2) is 6.14. The summed E-state index contributed by atoms with van der Waals surface area (Å²) in [5, 5.41) is 4.41. The van der Waals surface area contributed by atoms with E-state index in [1.807, 2.05) is 30.5 Å². The fourth-order valence-electron chi connectivity index (χ4n) is 2.68. The highest BCUT2D eigenvalue weighted by Crippen LogP contribution is 2.30. The molecule has 0 aliphatic rings. The zero-order chi connectivity index (χ0) is 17.4. The van der Waals surface area contributed by atoms with Crippen LogP contribution >= 0.6 is 11.3 Å². The zero-order valence-electron chi connectivity index (χ0n) is 13.3. The standard InChI is InChI=1S/C19H14FN3OS/c1-11-17(25-19(22-11)14-4-2-3-5-15(14)20)18(24)23-13-6-7-16-12(10-13)8-9-21-16/h2-10,21H,1H3,(H,23,24).